The Kier molecular flexibility index (Phi) is 4.96. The van der Waals surface area contributed by atoms with E-state index < -0.39 is 11.6 Å². The van der Waals surface area contributed by atoms with Gasteiger partial charge in [-0.25, -0.2) is 13.6 Å². The van der Waals surface area contributed by atoms with Gasteiger partial charge in [-0.1, -0.05) is 97.1 Å². The maximum atomic E-state index is 15.5. The van der Waals surface area contributed by atoms with Crippen molar-refractivity contribution in [1.82, 2.24) is 0 Å². The molecule has 7 aromatic rings. The molecule has 0 aliphatic carbocycles. The molecule has 0 fully saturated rings. The van der Waals surface area contributed by atoms with E-state index in [2.05, 4.69) is 47.3 Å². The summed E-state index contributed by atoms with van der Waals surface area (Å²) in [5, 5.41) is 7.92. The lowest BCUT2D eigenvalue weighted by molar-refractivity contribution is 0.591. The number of hydrogen-bond donors (Lipinski definition) is 0. The van der Waals surface area contributed by atoms with Gasteiger partial charge in [-0.15, -0.1) is 0 Å². The molecule has 0 saturated carbocycles. The van der Waals surface area contributed by atoms with Gasteiger partial charge in [-0.2, -0.15) is 0 Å². The van der Waals surface area contributed by atoms with Crippen molar-refractivity contribution >= 4 is 48.8 Å². The maximum Gasteiger partial charge on any atom is 0.193 e. The topological polar surface area (TPSA) is 4.36 Å². The fraction of sp³-hybridized carbons (Fsp3) is 0. The summed E-state index contributed by atoms with van der Waals surface area (Å²) in [7, 11) is 0. The van der Waals surface area contributed by atoms with E-state index in [9.17, 15) is 0 Å². The molecule has 3 heteroatoms. The van der Waals surface area contributed by atoms with Gasteiger partial charge in [0.1, 0.15) is 11.6 Å². The minimum absolute atomic E-state index is 0.0587. The van der Waals surface area contributed by atoms with Gasteiger partial charge < -0.3 is 0 Å². The van der Waals surface area contributed by atoms with E-state index in [1.165, 1.54) is 5.39 Å². The summed E-state index contributed by atoms with van der Waals surface area (Å²) < 4.78 is 30.9. The third-order valence-corrected chi connectivity index (χ3v) is 7.37. The van der Waals surface area contributed by atoms with E-state index in [1.807, 2.05) is 60.7 Å². The Labute approximate surface area is 218 Å². The van der Waals surface area contributed by atoms with Crippen molar-refractivity contribution in [3.8, 4) is 22.3 Å². The molecule has 0 saturated heterocycles. The number of hydrogen-bond acceptors (Lipinski definition) is 0. The minimum Gasteiger partial charge on any atom is -0.238 e. The number of nitrogens with zero attached hydrogens (tertiary/aromatic N) is 1. The Balaban J connectivity index is 1.70. The zero-order valence-electron chi connectivity index (χ0n) is 20.2. The molecular formula is C35H19F2N. The third kappa shape index (κ3) is 3.21. The van der Waals surface area contributed by atoms with Crippen LogP contribution < -0.4 is 0 Å². The quantitative estimate of drug-likeness (QED) is 0.129. The lowest BCUT2D eigenvalue weighted by Crippen LogP contribution is -1.96. The molecule has 7 aromatic carbocycles. The van der Waals surface area contributed by atoms with Crippen LogP contribution in [0.5, 0.6) is 0 Å². The fourth-order valence-electron chi connectivity index (χ4n) is 5.81. The van der Waals surface area contributed by atoms with Crippen molar-refractivity contribution in [2.24, 2.45) is 0 Å². The average molecular weight is 492 g/mol. The molecule has 0 bridgehead atoms. The van der Waals surface area contributed by atoms with Crippen LogP contribution in [-0.2, 0) is 0 Å². The van der Waals surface area contributed by atoms with Gasteiger partial charge in [0.15, 0.2) is 5.69 Å². The van der Waals surface area contributed by atoms with Crippen molar-refractivity contribution in [2.75, 3.05) is 0 Å². The highest BCUT2D eigenvalue weighted by Gasteiger charge is 2.22. The van der Waals surface area contributed by atoms with E-state index in [0.29, 0.717) is 5.56 Å². The zero-order valence-corrected chi connectivity index (χ0v) is 20.2. The molecular weight excluding hydrogens is 472 g/mol. The van der Waals surface area contributed by atoms with Gasteiger partial charge in [0.2, 0.25) is 0 Å². The van der Waals surface area contributed by atoms with Crippen molar-refractivity contribution in [2.45, 2.75) is 0 Å². The molecule has 38 heavy (non-hydrogen) atoms. The maximum absolute atomic E-state index is 15.5. The zero-order chi connectivity index (χ0) is 25.8. The molecule has 178 valence electrons. The van der Waals surface area contributed by atoms with Crippen LogP contribution in [0.1, 0.15) is 0 Å². The van der Waals surface area contributed by atoms with Gasteiger partial charge in [0.05, 0.1) is 12.1 Å². The van der Waals surface area contributed by atoms with Gasteiger partial charge >= 0.3 is 0 Å². The van der Waals surface area contributed by atoms with Crippen LogP contribution in [0.15, 0.2) is 115 Å². The van der Waals surface area contributed by atoms with Crippen LogP contribution in [0.4, 0.5) is 14.5 Å². The van der Waals surface area contributed by atoms with E-state index in [-0.39, 0.29) is 11.3 Å². The lowest BCUT2D eigenvalue weighted by atomic mass is 9.83. The van der Waals surface area contributed by atoms with E-state index >= 15 is 8.78 Å². The highest BCUT2D eigenvalue weighted by Crippen LogP contribution is 2.47. The number of fused-ring (bicyclic) bond motifs is 5. The van der Waals surface area contributed by atoms with Crippen LogP contribution in [0.2, 0.25) is 0 Å². The first-order valence-corrected chi connectivity index (χ1v) is 12.4. The molecule has 0 spiro atoms. The third-order valence-electron chi connectivity index (χ3n) is 7.37. The summed E-state index contributed by atoms with van der Waals surface area (Å²) >= 11 is 0. The van der Waals surface area contributed by atoms with E-state index in [4.69, 9.17) is 6.57 Å². The van der Waals surface area contributed by atoms with Crippen LogP contribution in [-0.4, -0.2) is 0 Å². The molecule has 0 heterocycles. The number of rotatable bonds is 2. The SMILES string of the molecule is [C-]#[N+]c1cc(F)c(-c2c3ccccc3c(-c3cc4ccccc4c4ccccc34)c3ccccc23)c(F)c1. The molecule has 0 N–H and O–H groups in total. The minimum atomic E-state index is -0.741. The van der Waals surface area contributed by atoms with Crippen molar-refractivity contribution in [3.05, 3.63) is 138 Å². The van der Waals surface area contributed by atoms with E-state index in [0.717, 1.165) is 61.0 Å². The number of benzene rings is 7. The summed E-state index contributed by atoms with van der Waals surface area (Å²) in [5.74, 6) is -1.48. The van der Waals surface area contributed by atoms with Gasteiger partial charge in [0.25, 0.3) is 0 Å². The van der Waals surface area contributed by atoms with Gasteiger partial charge in [-0.3, -0.25) is 0 Å². The van der Waals surface area contributed by atoms with Crippen LogP contribution in [0.3, 0.4) is 0 Å². The highest BCUT2D eigenvalue weighted by atomic mass is 19.1. The summed E-state index contributed by atoms with van der Waals surface area (Å²) in [6.45, 7) is 7.21. The summed E-state index contributed by atoms with van der Waals surface area (Å²) in [6, 6.07) is 36.8. The monoisotopic (exact) mass is 491 g/mol. The second-order valence-electron chi connectivity index (χ2n) is 9.43. The lowest BCUT2D eigenvalue weighted by Gasteiger charge is -2.20. The first-order valence-electron chi connectivity index (χ1n) is 12.4. The van der Waals surface area contributed by atoms with Crippen LogP contribution in [0.25, 0.3) is 70.2 Å². The van der Waals surface area contributed by atoms with E-state index in [1.54, 1.807) is 0 Å². The van der Waals surface area contributed by atoms with Gasteiger partial charge in [0, 0.05) is 5.56 Å². The largest absolute Gasteiger partial charge is 0.238 e. The normalized spacial score (nSPS) is 11.4. The molecule has 0 atom stereocenters. The molecule has 0 amide bonds. The van der Waals surface area contributed by atoms with Crippen LogP contribution >= 0.6 is 0 Å². The predicted molar refractivity (Wildman–Crippen MR) is 154 cm³/mol. The summed E-state index contributed by atoms with van der Waals surface area (Å²) in [6.07, 6.45) is 0. The Morgan fingerprint density at radius 1 is 0.447 bits per heavy atom. The first-order chi connectivity index (χ1) is 18.7. The molecule has 1 nitrogen and oxygen atoms in total. The average Bonchev–Trinajstić information content (AvgIpc) is 2.96. The van der Waals surface area contributed by atoms with Crippen molar-refractivity contribution in [3.63, 3.8) is 0 Å². The standard InChI is InChI=1S/C35H19F2N/c1-38-22-19-31(36)35(32(37)20-22)34-28-16-8-6-14-26(28)33(27-15-7-9-17-29(27)34)30-18-21-10-2-3-11-23(21)24-12-4-5-13-25(24)30/h2-20H. The Morgan fingerprint density at radius 3 is 1.45 bits per heavy atom. The second-order valence-corrected chi connectivity index (χ2v) is 9.43. The van der Waals surface area contributed by atoms with Crippen molar-refractivity contribution in [1.29, 1.82) is 0 Å². The number of halogens is 2. The predicted octanol–water partition coefficient (Wildman–Crippen LogP) is 10.5. The molecule has 7 rings (SSSR count). The highest BCUT2D eigenvalue weighted by molar-refractivity contribution is 6.25. The fourth-order valence-corrected chi connectivity index (χ4v) is 5.81. The summed E-state index contributed by atoms with van der Waals surface area (Å²) in [4.78, 5) is 3.23. The first kappa shape index (κ1) is 22.2. The molecule has 0 aliphatic rings. The van der Waals surface area contributed by atoms with Gasteiger partial charge in [-0.05, 0) is 72.4 Å². The molecule has 0 radical (unpaired) electrons. The van der Waals surface area contributed by atoms with Crippen molar-refractivity contribution < 1.29 is 8.78 Å². The molecule has 0 aliphatic heterocycles. The second kappa shape index (κ2) is 8.50. The molecule has 0 unspecified atom stereocenters. The Morgan fingerprint density at radius 2 is 0.895 bits per heavy atom. The Hall–Kier alpha value is -5.07. The smallest absolute Gasteiger partial charge is 0.193 e. The summed E-state index contributed by atoms with van der Waals surface area (Å²) in [5.41, 5.74) is 2.43. The van der Waals surface area contributed by atoms with Crippen LogP contribution in [0, 0.1) is 18.2 Å². The Bertz CT molecular complexity index is 2040. The molecule has 0 aromatic heterocycles.